The Bertz CT molecular complexity index is 494. The number of hydrogen-bond acceptors (Lipinski definition) is 2. The quantitative estimate of drug-likeness (QED) is 0.881. The molecule has 3 heteroatoms. The van der Waals surface area contributed by atoms with Crippen LogP contribution >= 0.6 is 0 Å². The first-order valence-electron chi connectivity index (χ1n) is 5.29. The van der Waals surface area contributed by atoms with Crippen LogP contribution in [0, 0.1) is 5.82 Å². The molecule has 0 saturated carbocycles. The highest BCUT2D eigenvalue weighted by Gasteiger charge is 2.14. The molecule has 0 unspecified atom stereocenters. The normalized spacial score (nSPS) is 12.2. The van der Waals surface area contributed by atoms with E-state index in [2.05, 4.69) is 0 Å². The van der Waals surface area contributed by atoms with Gasteiger partial charge in [-0.1, -0.05) is 30.3 Å². The Balaban J connectivity index is 2.30. The van der Waals surface area contributed by atoms with Crippen LogP contribution in [0.1, 0.15) is 17.2 Å². The van der Waals surface area contributed by atoms with Crippen LogP contribution in [0.2, 0.25) is 0 Å². The average molecular weight is 232 g/mol. The van der Waals surface area contributed by atoms with Crippen molar-refractivity contribution in [2.75, 3.05) is 7.11 Å². The number of methoxy groups -OCH3 is 1. The lowest BCUT2D eigenvalue weighted by Gasteiger charge is -2.12. The van der Waals surface area contributed by atoms with Crippen LogP contribution in [0.25, 0.3) is 0 Å². The van der Waals surface area contributed by atoms with Crippen LogP contribution in [0.4, 0.5) is 4.39 Å². The lowest BCUT2D eigenvalue weighted by molar-refractivity contribution is 0.215. The van der Waals surface area contributed by atoms with Gasteiger partial charge in [-0.3, -0.25) is 0 Å². The van der Waals surface area contributed by atoms with Crippen molar-refractivity contribution in [3.05, 3.63) is 65.5 Å². The Morgan fingerprint density at radius 3 is 2.29 bits per heavy atom. The third-order valence-electron chi connectivity index (χ3n) is 2.63. The second-order valence-corrected chi connectivity index (χ2v) is 3.70. The maximum absolute atomic E-state index is 13.5. The molecule has 0 bridgehead atoms. The van der Waals surface area contributed by atoms with Gasteiger partial charge in [0.25, 0.3) is 0 Å². The summed E-state index contributed by atoms with van der Waals surface area (Å²) in [5.41, 5.74) is 0.911. The molecule has 0 aromatic heterocycles. The number of rotatable bonds is 3. The van der Waals surface area contributed by atoms with E-state index in [0.29, 0.717) is 11.3 Å². The molecule has 0 heterocycles. The monoisotopic (exact) mass is 232 g/mol. The highest BCUT2D eigenvalue weighted by atomic mass is 19.1. The van der Waals surface area contributed by atoms with Crippen molar-refractivity contribution in [1.29, 1.82) is 0 Å². The topological polar surface area (TPSA) is 29.5 Å². The van der Waals surface area contributed by atoms with E-state index in [0.717, 1.165) is 0 Å². The molecule has 0 saturated heterocycles. The molecule has 0 radical (unpaired) electrons. The maximum Gasteiger partial charge on any atom is 0.129 e. The van der Waals surface area contributed by atoms with Gasteiger partial charge in [0.15, 0.2) is 0 Å². The fourth-order valence-electron chi connectivity index (χ4n) is 1.66. The SMILES string of the molecule is COc1ccc([C@H](O)c2ccccc2F)cc1. The van der Waals surface area contributed by atoms with Crippen molar-refractivity contribution >= 4 is 0 Å². The molecule has 0 aliphatic heterocycles. The summed E-state index contributed by atoms with van der Waals surface area (Å²) >= 11 is 0. The fourth-order valence-corrected chi connectivity index (χ4v) is 1.66. The fraction of sp³-hybridized carbons (Fsp3) is 0.143. The Hall–Kier alpha value is -1.87. The summed E-state index contributed by atoms with van der Waals surface area (Å²) in [5.74, 6) is 0.297. The predicted octanol–water partition coefficient (Wildman–Crippen LogP) is 2.92. The maximum atomic E-state index is 13.5. The summed E-state index contributed by atoms with van der Waals surface area (Å²) in [6.45, 7) is 0. The molecule has 2 nitrogen and oxygen atoms in total. The third kappa shape index (κ3) is 2.45. The van der Waals surface area contributed by atoms with Crippen LogP contribution in [-0.2, 0) is 0 Å². The third-order valence-corrected chi connectivity index (χ3v) is 2.63. The second kappa shape index (κ2) is 4.97. The molecule has 0 fully saturated rings. The zero-order valence-electron chi connectivity index (χ0n) is 9.43. The minimum absolute atomic E-state index is 0.276. The van der Waals surface area contributed by atoms with E-state index in [1.807, 2.05) is 0 Å². The molecule has 0 spiro atoms. The zero-order chi connectivity index (χ0) is 12.3. The molecular weight excluding hydrogens is 219 g/mol. The molecule has 2 rings (SSSR count). The number of halogens is 1. The molecular formula is C14H13FO2. The first-order valence-corrected chi connectivity index (χ1v) is 5.29. The van der Waals surface area contributed by atoms with Crippen LogP contribution in [0.5, 0.6) is 5.75 Å². The van der Waals surface area contributed by atoms with Gasteiger partial charge >= 0.3 is 0 Å². The van der Waals surface area contributed by atoms with Gasteiger partial charge in [0.1, 0.15) is 17.7 Å². The van der Waals surface area contributed by atoms with Gasteiger partial charge in [-0.05, 0) is 23.8 Å². The van der Waals surface area contributed by atoms with Gasteiger partial charge in [-0.15, -0.1) is 0 Å². The van der Waals surface area contributed by atoms with Crippen LogP contribution in [0.3, 0.4) is 0 Å². The Morgan fingerprint density at radius 1 is 1.06 bits per heavy atom. The summed E-state index contributed by atoms with van der Waals surface area (Å²) in [7, 11) is 1.57. The smallest absolute Gasteiger partial charge is 0.129 e. The van der Waals surface area contributed by atoms with Crippen molar-refractivity contribution in [2.24, 2.45) is 0 Å². The summed E-state index contributed by atoms with van der Waals surface area (Å²) < 4.78 is 18.5. The molecule has 88 valence electrons. The van der Waals surface area contributed by atoms with E-state index in [4.69, 9.17) is 4.74 Å². The lowest BCUT2D eigenvalue weighted by atomic mass is 10.0. The number of aliphatic hydroxyl groups excluding tert-OH is 1. The van der Waals surface area contributed by atoms with Gasteiger partial charge < -0.3 is 9.84 Å². The lowest BCUT2D eigenvalue weighted by Crippen LogP contribution is -2.02. The standard InChI is InChI=1S/C14H13FO2/c1-17-11-8-6-10(7-9-11)14(16)12-4-2-3-5-13(12)15/h2-9,14,16H,1H3/t14-/m0/s1. The Labute approximate surface area is 99.3 Å². The van der Waals surface area contributed by atoms with Crippen LogP contribution in [-0.4, -0.2) is 12.2 Å². The summed E-state index contributed by atoms with van der Waals surface area (Å²) in [5, 5.41) is 10.1. The number of aliphatic hydroxyl groups is 1. The largest absolute Gasteiger partial charge is 0.497 e. The number of hydrogen-bond donors (Lipinski definition) is 1. The van der Waals surface area contributed by atoms with Gasteiger partial charge in [0.2, 0.25) is 0 Å². The van der Waals surface area contributed by atoms with E-state index >= 15 is 0 Å². The molecule has 1 N–H and O–H groups in total. The molecule has 0 aliphatic rings. The Kier molecular flexibility index (Phi) is 3.40. The number of benzene rings is 2. The van der Waals surface area contributed by atoms with E-state index in [-0.39, 0.29) is 5.56 Å². The molecule has 0 aliphatic carbocycles. The second-order valence-electron chi connectivity index (χ2n) is 3.70. The van der Waals surface area contributed by atoms with Gasteiger partial charge in [0.05, 0.1) is 7.11 Å². The van der Waals surface area contributed by atoms with E-state index in [9.17, 15) is 9.50 Å². The summed E-state index contributed by atoms with van der Waals surface area (Å²) in [6, 6.07) is 13.1. The van der Waals surface area contributed by atoms with Gasteiger partial charge in [-0.25, -0.2) is 4.39 Å². The van der Waals surface area contributed by atoms with Crippen molar-refractivity contribution in [3.8, 4) is 5.75 Å². The highest BCUT2D eigenvalue weighted by Crippen LogP contribution is 2.25. The highest BCUT2D eigenvalue weighted by molar-refractivity contribution is 5.34. The number of ether oxygens (including phenoxy) is 1. The summed E-state index contributed by atoms with van der Waals surface area (Å²) in [6.07, 6.45) is -0.956. The summed E-state index contributed by atoms with van der Waals surface area (Å²) in [4.78, 5) is 0. The molecule has 2 aromatic carbocycles. The molecule has 17 heavy (non-hydrogen) atoms. The predicted molar refractivity (Wildman–Crippen MR) is 63.5 cm³/mol. The van der Waals surface area contributed by atoms with Crippen molar-refractivity contribution < 1.29 is 14.2 Å². The van der Waals surface area contributed by atoms with E-state index in [1.54, 1.807) is 49.6 Å². The minimum atomic E-state index is -0.956. The van der Waals surface area contributed by atoms with E-state index < -0.39 is 11.9 Å². The first kappa shape index (κ1) is 11.6. The Morgan fingerprint density at radius 2 is 1.71 bits per heavy atom. The van der Waals surface area contributed by atoms with Crippen molar-refractivity contribution in [2.45, 2.75) is 6.10 Å². The molecule has 1 atom stereocenters. The van der Waals surface area contributed by atoms with Gasteiger partial charge in [-0.2, -0.15) is 0 Å². The molecule has 0 amide bonds. The van der Waals surface area contributed by atoms with Crippen molar-refractivity contribution in [1.82, 2.24) is 0 Å². The van der Waals surface area contributed by atoms with Crippen LogP contribution in [0.15, 0.2) is 48.5 Å². The van der Waals surface area contributed by atoms with Crippen LogP contribution < -0.4 is 4.74 Å². The van der Waals surface area contributed by atoms with Gasteiger partial charge in [0, 0.05) is 5.56 Å². The zero-order valence-corrected chi connectivity index (χ0v) is 9.43. The van der Waals surface area contributed by atoms with Crippen molar-refractivity contribution in [3.63, 3.8) is 0 Å². The molecule has 2 aromatic rings. The average Bonchev–Trinajstić information content (AvgIpc) is 2.39. The minimum Gasteiger partial charge on any atom is -0.497 e. The first-order chi connectivity index (χ1) is 8.22. The van der Waals surface area contributed by atoms with E-state index in [1.165, 1.54) is 6.07 Å².